The number of carboxylic acids is 1. The summed E-state index contributed by atoms with van der Waals surface area (Å²) in [6, 6.07) is -0.718. The summed E-state index contributed by atoms with van der Waals surface area (Å²) in [6.07, 6.45) is 3.41. The topological polar surface area (TPSA) is 66.4 Å². The number of carbonyl (C=O) groups is 2. The molecule has 0 unspecified atom stereocenters. The van der Waals surface area contributed by atoms with Gasteiger partial charge in [0.05, 0.1) is 0 Å². The van der Waals surface area contributed by atoms with E-state index < -0.39 is 12.0 Å². The molecule has 0 bridgehead atoms. The lowest BCUT2D eigenvalue weighted by molar-refractivity contribution is -0.141. The Kier molecular flexibility index (Phi) is 5.93. The Bertz CT molecular complexity index is 180. The third-order valence-corrected chi connectivity index (χ3v) is 1.77. The van der Waals surface area contributed by atoms with E-state index >= 15 is 0 Å². The van der Waals surface area contributed by atoms with Crippen LogP contribution in [0.5, 0.6) is 0 Å². The molecule has 0 aliphatic heterocycles. The minimum atomic E-state index is -0.952. The number of hydrogen-bond acceptors (Lipinski definition) is 2. The molecule has 0 saturated carbocycles. The number of unbranched alkanes of at least 4 members (excludes halogenated alkanes) is 2. The Hall–Kier alpha value is -1.06. The van der Waals surface area contributed by atoms with Crippen LogP contribution in [0.15, 0.2) is 0 Å². The van der Waals surface area contributed by atoms with E-state index in [0.29, 0.717) is 6.42 Å². The maximum Gasteiger partial charge on any atom is 0.326 e. The van der Waals surface area contributed by atoms with Gasteiger partial charge in [-0.1, -0.05) is 26.2 Å². The Balaban J connectivity index is 3.81. The summed E-state index contributed by atoms with van der Waals surface area (Å²) in [5, 5.41) is 11.1. The molecule has 0 aromatic heterocycles. The highest BCUT2D eigenvalue weighted by Crippen LogP contribution is 2.03. The molecular formula is C9H17NO3. The van der Waals surface area contributed by atoms with Gasteiger partial charge in [0.1, 0.15) is 6.04 Å². The molecule has 0 spiro atoms. The van der Waals surface area contributed by atoms with Gasteiger partial charge in [-0.2, -0.15) is 0 Å². The average molecular weight is 187 g/mol. The van der Waals surface area contributed by atoms with Crippen LogP contribution in [0.2, 0.25) is 0 Å². The number of carboxylic acid groups (broad SMARTS) is 1. The second kappa shape index (κ2) is 6.46. The number of nitrogens with one attached hydrogen (secondary N) is 1. The quantitative estimate of drug-likeness (QED) is 0.613. The Morgan fingerprint density at radius 1 is 1.38 bits per heavy atom. The number of hydrogen-bond donors (Lipinski definition) is 2. The zero-order valence-electron chi connectivity index (χ0n) is 8.17. The molecular weight excluding hydrogens is 170 g/mol. The van der Waals surface area contributed by atoms with E-state index in [1.54, 1.807) is 0 Å². The summed E-state index contributed by atoms with van der Waals surface area (Å²) in [6.45, 7) is 3.38. The molecule has 2 N–H and O–H groups in total. The van der Waals surface area contributed by atoms with Crippen molar-refractivity contribution in [3.05, 3.63) is 0 Å². The van der Waals surface area contributed by atoms with Crippen LogP contribution < -0.4 is 5.32 Å². The summed E-state index contributed by atoms with van der Waals surface area (Å²) in [4.78, 5) is 21.2. The van der Waals surface area contributed by atoms with Gasteiger partial charge >= 0.3 is 5.97 Å². The fraction of sp³-hybridized carbons (Fsp3) is 0.778. The first-order valence-electron chi connectivity index (χ1n) is 4.57. The second-order valence-corrected chi connectivity index (χ2v) is 3.09. The fourth-order valence-corrected chi connectivity index (χ4v) is 1.10. The number of aliphatic carboxylic acids is 1. The van der Waals surface area contributed by atoms with Crippen molar-refractivity contribution >= 4 is 11.9 Å². The maximum absolute atomic E-state index is 10.6. The SMILES string of the molecule is CCCCC[C@@H](NC(C)=O)C(=O)O. The predicted molar refractivity (Wildman–Crippen MR) is 49.4 cm³/mol. The van der Waals surface area contributed by atoms with E-state index in [1.807, 2.05) is 6.92 Å². The summed E-state index contributed by atoms with van der Waals surface area (Å²) >= 11 is 0. The molecule has 0 fully saturated rings. The molecule has 4 heteroatoms. The van der Waals surface area contributed by atoms with Gasteiger partial charge in [0, 0.05) is 6.92 Å². The molecule has 0 aliphatic rings. The lowest BCUT2D eigenvalue weighted by atomic mass is 10.1. The third-order valence-electron chi connectivity index (χ3n) is 1.77. The molecule has 0 rings (SSSR count). The van der Waals surface area contributed by atoms with Crippen LogP contribution in [0.25, 0.3) is 0 Å². The van der Waals surface area contributed by atoms with E-state index in [2.05, 4.69) is 5.32 Å². The van der Waals surface area contributed by atoms with Gasteiger partial charge < -0.3 is 10.4 Å². The molecule has 13 heavy (non-hydrogen) atoms. The largest absolute Gasteiger partial charge is 0.480 e. The van der Waals surface area contributed by atoms with Gasteiger partial charge in [-0.25, -0.2) is 4.79 Å². The summed E-state index contributed by atoms with van der Waals surface area (Å²) in [5.41, 5.74) is 0. The first kappa shape index (κ1) is 11.9. The number of rotatable bonds is 6. The molecule has 4 nitrogen and oxygen atoms in total. The van der Waals surface area contributed by atoms with Crippen molar-refractivity contribution in [2.45, 2.75) is 45.6 Å². The van der Waals surface area contributed by atoms with Crippen molar-refractivity contribution in [3.63, 3.8) is 0 Å². The minimum Gasteiger partial charge on any atom is -0.480 e. The monoisotopic (exact) mass is 187 g/mol. The highest BCUT2D eigenvalue weighted by molar-refractivity contribution is 5.81. The Labute approximate surface area is 78.3 Å². The molecule has 0 heterocycles. The summed E-state index contributed by atoms with van der Waals surface area (Å²) < 4.78 is 0. The maximum atomic E-state index is 10.6. The summed E-state index contributed by atoms with van der Waals surface area (Å²) in [7, 11) is 0. The van der Waals surface area contributed by atoms with Gasteiger partial charge in [-0.3, -0.25) is 4.79 Å². The van der Waals surface area contributed by atoms with Crippen LogP contribution in [0, 0.1) is 0 Å². The van der Waals surface area contributed by atoms with Crippen molar-refractivity contribution < 1.29 is 14.7 Å². The average Bonchev–Trinajstić information content (AvgIpc) is 2.02. The highest BCUT2D eigenvalue weighted by atomic mass is 16.4. The van der Waals surface area contributed by atoms with Crippen LogP contribution in [-0.2, 0) is 9.59 Å². The summed E-state index contributed by atoms with van der Waals surface area (Å²) in [5.74, 6) is -1.24. The molecule has 0 saturated heterocycles. The van der Waals surface area contributed by atoms with Crippen molar-refractivity contribution in [1.29, 1.82) is 0 Å². The minimum absolute atomic E-state index is 0.288. The fourth-order valence-electron chi connectivity index (χ4n) is 1.10. The van der Waals surface area contributed by atoms with Crippen LogP contribution >= 0.6 is 0 Å². The van der Waals surface area contributed by atoms with Gasteiger partial charge in [0.25, 0.3) is 0 Å². The molecule has 0 aromatic carbocycles. The highest BCUT2D eigenvalue weighted by Gasteiger charge is 2.16. The molecule has 0 radical (unpaired) electrons. The van der Waals surface area contributed by atoms with Crippen molar-refractivity contribution in [1.82, 2.24) is 5.32 Å². The van der Waals surface area contributed by atoms with E-state index in [1.165, 1.54) is 6.92 Å². The Morgan fingerprint density at radius 3 is 2.38 bits per heavy atom. The molecule has 1 amide bonds. The van der Waals surface area contributed by atoms with Gasteiger partial charge in [-0.15, -0.1) is 0 Å². The van der Waals surface area contributed by atoms with E-state index in [0.717, 1.165) is 19.3 Å². The van der Waals surface area contributed by atoms with Crippen molar-refractivity contribution in [2.24, 2.45) is 0 Å². The van der Waals surface area contributed by atoms with Crippen LogP contribution in [0.1, 0.15) is 39.5 Å². The number of carbonyl (C=O) groups excluding carboxylic acids is 1. The van der Waals surface area contributed by atoms with Gasteiger partial charge in [0.2, 0.25) is 5.91 Å². The van der Waals surface area contributed by atoms with Crippen LogP contribution in [0.4, 0.5) is 0 Å². The van der Waals surface area contributed by atoms with E-state index in [-0.39, 0.29) is 5.91 Å². The van der Waals surface area contributed by atoms with E-state index in [9.17, 15) is 9.59 Å². The molecule has 76 valence electrons. The third kappa shape index (κ3) is 6.13. The zero-order valence-corrected chi connectivity index (χ0v) is 8.17. The Morgan fingerprint density at radius 2 is 2.00 bits per heavy atom. The van der Waals surface area contributed by atoms with Gasteiger partial charge in [-0.05, 0) is 6.42 Å². The molecule has 1 atom stereocenters. The van der Waals surface area contributed by atoms with Crippen LogP contribution in [0.3, 0.4) is 0 Å². The van der Waals surface area contributed by atoms with Crippen LogP contribution in [-0.4, -0.2) is 23.0 Å². The molecule has 0 aliphatic carbocycles. The standard InChI is InChI=1S/C9H17NO3/c1-3-4-5-6-8(9(12)13)10-7(2)11/h8H,3-6H2,1-2H3,(H,10,11)(H,12,13)/t8-/m1/s1. The van der Waals surface area contributed by atoms with Crippen molar-refractivity contribution in [3.8, 4) is 0 Å². The predicted octanol–water partition coefficient (Wildman–Crippen LogP) is 1.16. The zero-order chi connectivity index (χ0) is 10.3. The lowest BCUT2D eigenvalue weighted by Gasteiger charge is -2.12. The first-order chi connectivity index (χ1) is 6.07. The smallest absolute Gasteiger partial charge is 0.326 e. The van der Waals surface area contributed by atoms with E-state index in [4.69, 9.17) is 5.11 Å². The molecule has 0 aromatic rings. The number of amides is 1. The normalized spacial score (nSPS) is 12.2. The first-order valence-corrected chi connectivity index (χ1v) is 4.57. The van der Waals surface area contributed by atoms with Crippen molar-refractivity contribution in [2.75, 3.05) is 0 Å². The van der Waals surface area contributed by atoms with Gasteiger partial charge in [0.15, 0.2) is 0 Å². The lowest BCUT2D eigenvalue weighted by Crippen LogP contribution is -2.39. The second-order valence-electron chi connectivity index (χ2n) is 3.09.